The first kappa shape index (κ1) is 56.7. The van der Waals surface area contributed by atoms with Gasteiger partial charge in [0.2, 0.25) is 0 Å². The van der Waals surface area contributed by atoms with Crippen LogP contribution in [0.1, 0.15) is 168 Å². The highest BCUT2D eigenvalue weighted by Crippen LogP contribution is 2.43. The van der Waals surface area contributed by atoms with Gasteiger partial charge in [-0.2, -0.15) is 0 Å². The number of phosphoric acid groups is 1. The Bertz CT molecular complexity index is 1210. The van der Waals surface area contributed by atoms with E-state index in [1.807, 2.05) is 21.1 Å². The molecule has 2 atom stereocenters. The highest BCUT2D eigenvalue weighted by atomic mass is 31.2. The number of nitrogens with zero attached hydrogens (tertiary/aromatic N) is 1. The first-order valence-corrected chi connectivity index (χ1v) is 24.8. The number of esters is 1. The van der Waals surface area contributed by atoms with Crippen LogP contribution in [0.15, 0.2) is 85.1 Å². The van der Waals surface area contributed by atoms with Crippen LogP contribution in [0.5, 0.6) is 0 Å². The van der Waals surface area contributed by atoms with Crippen LogP contribution in [0.3, 0.4) is 0 Å². The molecule has 0 aliphatic heterocycles. The topological polar surface area (TPSA) is 91.3 Å². The fraction of sp³-hybridized carbons (Fsp3) is 0.700. The third kappa shape index (κ3) is 46.6. The van der Waals surface area contributed by atoms with Gasteiger partial charge in [0.15, 0.2) is 0 Å². The second-order valence-electron chi connectivity index (χ2n) is 16.4. The summed E-state index contributed by atoms with van der Waals surface area (Å²) < 4.78 is 35.0. The molecule has 59 heavy (non-hydrogen) atoms. The molecule has 340 valence electrons. The molecular weight excluding hydrogens is 758 g/mol. The third-order valence-electron chi connectivity index (χ3n) is 9.42. The van der Waals surface area contributed by atoms with Crippen molar-refractivity contribution >= 4 is 13.8 Å². The van der Waals surface area contributed by atoms with E-state index in [0.717, 1.165) is 103 Å². The summed E-state index contributed by atoms with van der Waals surface area (Å²) in [6.45, 7) is 5.38. The third-order valence-corrected chi connectivity index (χ3v) is 10.4. The maximum Gasteiger partial charge on any atom is 0.472 e. The fourth-order valence-electron chi connectivity index (χ4n) is 5.85. The van der Waals surface area contributed by atoms with Crippen LogP contribution in [-0.4, -0.2) is 75.6 Å². The van der Waals surface area contributed by atoms with Crippen LogP contribution >= 0.6 is 7.82 Å². The largest absolute Gasteiger partial charge is 0.472 e. The molecular formula is C50H89NO7P+. The number of unbranched alkanes of at least 4 members (excludes halogenated alkanes) is 14. The second kappa shape index (κ2) is 42.4. The van der Waals surface area contributed by atoms with Gasteiger partial charge in [-0.05, 0) is 83.5 Å². The molecule has 8 nitrogen and oxygen atoms in total. The summed E-state index contributed by atoms with van der Waals surface area (Å²) in [5.41, 5.74) is 0. The van der Waals surface area contributed by atoms with Gasteiger partial charge in [0.05, 0.1) is 34.4 Å². The lowest BCUT2D eigenvalue weighted by atomic mass is 10.1. The highest BCUT2D eigenvalue weighted by Gasteiger charge is 2.26. The number of rotatable bonds is 42. The molecule has 0 aliphatic rings. The van der Waals surface area contributed by atoms with E-state index in [1.54, 1.807) is 0 Å². The van der Waals surface area contributed by atoms with E-state index in [4.69, 9.17) is 18.5 Å². The Kier molecular flexibility index (Phi) is 40.7. The smallest absolute Gasteiger partial charge is 0.457 e. The van der Waals surface area contributed by atoms with Crippen LogP contribution in [0.4, 0.5) is 0 Å². The van der Waals surface area contributed by atoms with Crippen molar-refractivity contribution in [3.05, 3.63) is 85.1 Å². The molecule has 0 radical (unpaired) electrons. The molecule has 0 spiro atoms. The van der Waals surface area contributed by atoms with Crippen LogP contribution < -0.4 is 0 Å². The lowest BCUT2D eigenvalue weighted by molar-refractivity contribution is -0.870. The summed E-state index contributed by atoms with van der Waals surface area (Å²) in [4.78, 5) is 22.9. The molecule has 0 saturated carbocycles. The Balaban J connectivity index is 4.20. The Labute approximate surface area is 363 Å². The highest BCUT2D eigenvalue weighted by molar-refractivity contribution is 7.47. The summed E-state index contributed by atoms with van der Waals surface area (Å²) in [5.74, 6) is -0.335. The van der Waals surface area contributed by atoms with Crippen molar-refractivity contribution in [2.45, 2.75) is 174 Å². The Hall–Kier alpha value is -2.32. The van der Waals surface area contributed by atoms with Gasteiger partial charge in [-0.15, -0.1) is 0 Å². The SMILES string of the molecule is CC/C=C\C/C=C\C/C=C\C/C=C\C/C=C\CCCCCCCCCCOCC(COP(=O)(O)OCC[N+](C)(C)C)OC(=O)CCCCCCC/C=C\C/C=C\CCC. The molecule has 9 heteroatoms. The van der Waals surface area contributed by atoms with Gasteiger partial charge in [0.25, 0.3) is 0 Å². The van der Waals surface area contributed by atoms with Crippen molar-refractivity contribution < 1.29 is 37.3 Å². The number of likely N-dealkylation sites (N-methyl/N-ethyl adjacent to an activating group) is 1. The maximum absolute atomic E-state index is 12.7. The first-order chi connectivity index (χ1) is 28.6. The number of phosphoric ester groups is 1. The monoisotopic (exact) mass is 847 g/mol. The molecule has 0 aromatic carbocycles. The minimum absolute atomic E-state index is 0.0794. The second-order valence-corrected chi connectivity index (χ2v) is 17.9. The molecule has 0 fully saturated rings. The average Bonchev–Trinajstić information content (AvgIpc) is 3.19. The molecule has 0 aromatic rings. The van der Waals surface area contributed by atoms with Gasteiger partial charge in [-0.1, -0.05) is 163 Å². The van der Waals surface area contributed by atoms with Crippen molar-refractivity contribution in [1.29, 1.82) is 0 Å². The number of carbonyl (C=O) groups excluding carboxylic acids is 1. The van der Waals surface area contributed by atoms with E-state index in [-0.39, 0.29) is 25.8 Å². The van der Waals surface area contributed by atoms with Crippen LogP contribution in [0.25, 0.3) is 0 Å². The maximum atomic E-state index is 12.7. The van der Waals surface area contributed by atoms with E-state index in [0.29, 0.717) is 24.1 Å². The lowest BCUT2D eigenvalue weighted by Crippen LogP contribution is -2.37. The van der Waals surface area contributed by atoms with Crippen LogP contribution in [0.2, 0.25) is 0 Å². The van der Waals surface area contributed by atoms with Gasteiger partial charge in [0, 0.05) is 13.0 Å². The molecule has 0 bridgehead atoms. The lowest BCUT2D eigenvalue weighted by Gasteiger charge is -2.24. The summed E-state index contributed by atoms with van der Waals surface area (Å²) in [6, 6.07) is 0. The minimum atomic E-state index is -4.29. The zero-order valence-corrected chi connectivity index (χ0v) is 39.4. The van der Waals surface area contributed by atoms with Gasteiger partial charge >= 0.3 is 13.8 Å². The Morgan fingerprint density at radius 1 is 0.542 bits per heavy atom. The molecule has 2 unspecified atom stereocenters. The molecule has 0 rings (SSSR count). The summed E-state index contributed by atoms with van der Waals surface area (Å²) in [6.07, 6.45) is 56.2. The van der Waals surface area contributed by atoms with Crippen molar-refractivity contribution in [3.63, 3.8) is 0 Å². The number of carbonyl (C=O) groups is 1. The summed E-state index contributed by atoms with van der Waals surface area (Å²) in [7, 11) is 1.64. The van der Waals surface area contributed by atoms with E-state index in [9.17, 15) is 14.3 Å². The number of quaternary nitrogens is 1. The number of ether oxygens (including phenoxy) is 2. The van der Waals surface area contributed by atoms with Crippen molar-refractivity contribution in [1.82, 2.24) is 0 Å². The normalized spacial score (nSPS) is 14.5. The molecule has 0 amide bonds. The number of hydrogen-bond donors (Lipinski definition) is 1. The van der Waals surface area contributed by atoms with Gasteiger partial charge in [-0.25, -0.2) is 4.57 Å². The quantitative estimate of drug-likeness (QED) is 0.0215. The van der Waals surface area contributed by atoms with E-state index >= 15 is 0 Å². The van der Waals surface area contributed by atoms with Crippen molar-refractivity contribution in [3.8, 4) is 0 Å². The van der Waals surface area contributed by atoms with Gasteiger partial charge in [0.1, 0.15) is 19.3 Å². The molecule has 0 aliphatic carbocycles. The van der Waals surface area contributed by atoms with E-state index in [2.05, 4.69) is 98.9 Å². The average molecular weight is 847 g/mol. The minimum Gasteiger partial charge on any atom is -0.457 e. The first-order valence-electron chi connectivity index (χ1n) is 23.3. The van der Waals surface area contributed by atoms with E-state index < -0.39 is 13.9 Å². The van der Waals surface area contributed by atoms with E-state index in [1.165, 1.54) is 44.9 Å². The molecule has 1 N–H and O–H groups in total. The fourth-order valence-corrected chi connectivity index (χ4v) is 6.59. The molecule has 0 aromatic heterocycles. The Morgan fingerprint density at radius 2 is 0.983 bits per heavy atom. The number of hydrogen-bond acceptors (Lipinski definition) is 6. The standard InChI is InChI=1S/C50H88NO7P/c1-6-8-10-12-14-16-18-20-21-22-23-24-25-26-27-28-29-30-32-34-36-38-40-42-45-55-47-49(48-57-59(53,54)56-46-44-51(3,4)5)58-50(52)43-41-39-37-35-33-31-19-17-15-13-11-9-7-2/h8,10-11,13-14,16-17,19-21,23-24,26-27,49H,6-7,9,12,15,18,22,25,28-48H2,1-5H3/p+1/b10-8-,13-11-,16-14-,19-17-,21-20-,24-23-,27-26-. The predicted molar refractivity (Wildman–Crippen MR) is 251 cm³/mol. The van der Waals surface area contributed by atoms with Crippen molar-refractivity contribution in [2.75, 3.05) is 54.1 Å². The predicted octanol–water partition coefficient (Wildman–Crippen LogP) is 14.1. The number of allylic oxidation sites excluding steroid dienone is 14. The summed E-state index contributed by atoms with van der Waals surface area (Å²) >= 11 is 0. The molecule has 0 heterocycles. The summed E-state index contributed by atoms with van der Waals surface area (Å²) in [5, 5.41) is 0. The van der Waals surface area contributed by atoms with Gasteiger partial charge < -0.3 is 18.9 Å². The zero-order valence-electron chi connectivity index (χ0n) is 38.5. The van der Waals surface area contributed by atoms with Gasteiger partial charge in [-0.3, -0.25) is 13.8 Å². The molecule has 0 saturated heterocycles. The van der Waals surface area contributed by atoms with Crippen LogP contribution in [-0.2, 0) is 27.9 Å². The van der Waals surface area contributed by atoms with Crippen LogP contribution in [0, 0.1) is 0 Å². The Morgan fingerprint density at radius 3 is 1.47 bits per heavy atom. The zero-order chi connectivity index (χ0) is 43.4. The van der Waals surface area contributed by atoms with Crippen molar-refractivity contribution in [2.24, 2.45) is 0 Å².